The topological polar surface area (TPSA) is 88.8 Å². The van der Waals surface area contributed by atoms with E-state index < -0.39 is 15.7 Å². The van der Waals surface area contributed by atoms with E-state index in [4.69, 9.17) is 9.15 Å². The molecule has 0 spiro atoms. The third-order valence-electron chi connectivity index (χ3n) is 5.85. The number of carbonyl (C=O) groups excluding carboxylic acids is 1. The van der Waals surface area contributed by atoms with Crippen molar-refractivity contribution in [3.63, 3.8) is 0 Å². The van der Waals surface area contributed by atoms with Gasteiger partial charge in [0.1, 0.15) is 5.75 Å². The lowest BCUT2D eigenvalue weighted by Crippen LogP contribution is -2.38. The SMILES string of the molecule is CCCOc1ccc(C(CNC(=O)c2ccc(S(=O)(=O)c3ccc(C)cc3)o2)N(CC)CC)cc1. The second kappa shape index (κ2) is 12.0. The Morgan fingerprint density at radius 1 is 0.971 bits per heavy atom. The fourth-order valence-electron chi connectivity index (χ4n) is 3.82. The van der Waals surface area contributed by atoms with Gasteiger partial charge in [-0.05, 0) is 68.4 Å². The first-order valence-electron chi connectivity index (χ1n) is 12.0. The molecular formula is C27H34N2O5S. The van der Waals surface area contributed by atoms with Crippen LogP contribution in [0.3, 0.4) is 0 Å². The smallest absolute Gasteiger partial charge is 0.287 e. The van der Waals surface area contributed by atoms with E-state index in [0.29, 0.717) is 13.2 Å². The number of amides is 1. The van der Waals surface area contributed by atoms with Gasteiger partial charge in [0, 0.05) is 6.54 Å². The van der Waals surface area contributed by atoms with Gasteiger partial charge in [0.25, 0.3) is 5.91 Å². The third kappa shape index (κ3) is 6.52. The van der Waals surface area contributed by atoms with Crippen LogP contribution in [-0.4, -0.2) is 45.5 Å². The molecule has 8 heteroatoms. The lowest BCUT2D eigenvalue weighted by molar-refractivity contribution is 0.0902. The Hall–Kier alpha value is -3.10. The molecular weight excluding hydrogens is 464 g/mol. The molecule has 0 saturated heterocycles. The minimum absolute atomic E-state index is 0.0442. The standard InChI is InChI=1S/C27H34N2O5S/c1-5-18-33-22-12-10-21(11-13-22)24(29(6-2)7-3)19-28-27(30)25-16-17-26(34-25)35(31,32)23-14-8-20(4)9-15-23/h8-17,24H,5-7,18-19H2,1-4H3,(H,28,30). The van der Waals surface area contributed by atoms with Gasteiger partial charge in [-0.25, -0.2) is 8.42 Å². The summed E-state index contributed by atoms with van der Waals surface area (Å²) in [5.74, 6) is 0.309. The number of benzene rings is 2. The molecule has 7 nitrogen and oxygen atoms in total. The maximum absolute atomic E-state index is 12.9. The lowest BCUT2D eigenvalue weighted by Gasteiger charge is -2.30. The number of sulfone groups is 1. The summed E-state index contributed by atoms with van der Waals surface area (Å²) in [5.41, 5.74) is 2.01. The van der Waals surface area contributed by atoms with Crippen molar-refractivity contribution in [1.82, 2.24) is 10.2 Å². The average Bonchev–Trinajstić information content (AvgIpc) is 3.37. The number of ether oxygens (including phenoxy) is 1. The summed E-state index contributed by atoms with van der Waals surface area (Å²) in [6.07, 6.45) is 0.941. The highest BCUT2D eigenvalue weighted by molar-refractivity contribution is 7.91. The summed E-state index contributed by atoms with van der Waals surface area (Å²) in [6.45, 7) is 10.7. The van der Waals surface area contributed by atoms with E-state index in [1.54, 1.807) is 12.1 Å². The van der Waals surface area contributed by atoms with Gasteiger partial charge in [-0.2, -0.15) is 0 Å². The van der Waals surface area contributed by atoms with Gasteiger partial charge in [0.2, 0.25) is 14.9 Å². The van der Waals surface area contributed by atoms with Crippen molar-refractivity contribution in [2.24, 2.45) is 0 Å². The highest BCUT2D eigenvalue weighted by Crippen LogP contribution is 2.25. The molecule has 2 aromatic carbocycles. The van der Waals surface area contributed by atoms with Crippen molar-refractivity contribution in [1.29, 1.82) is 0 Å². The number of likely N-dealkylation sites (N-methyl/N-ethyl adjacent to an activating group) is 1. The molecule has 0 radical (unpaired) electrons. The Morgan fingerprint density at radius 3 is 2.23 bits per heavy atom. The van der Waals surface area contributed by atoms with E-state index in [2.05, 4.69) is 31.0 Å². The summed E-state index contributed by atoms with van der Waals surface area (Å²) in [5, 5.41) is 2.65. The summed E-state index contributed by atoms with van der Waals surface area (Å²) in [4.78, 5) is 15.2. The number of hydrogen-bond acceptors (Lipinski definition) is 6. The minimum atomic E-state index is -3.84. The molecule has 1 N–H and O–H groups in total. The quantitative estimate of drug-likeness (QED) is 0.377. The van der Waals surface area contributed by atoms with Gasteiger partial charge in [-0.15, -0.1) is 0 Å². The van der Waals surface area contributed by atoms with E-state index in [9.17, 15) is 13.2 Å². The number of carbonyl (C=O) groups is 1. The highest BCUT2D eigenvalue weighted by atomic mass is 32.2. The van der Waals surface area contributed by atoms with Gasteiger partial charge in [0.15, 0.2) is 5.76 Å². The van der Waals surface area contributed by atoms with Crippen LogP contribution in [0, 0.1) is 6.92 Å². The van der Waals surface area contributed by atoms with E-state index in [0.717, 1.165) is 36.4 Å². The third-order valence-corrected chi connectivity index (χ3v) is 7.49. The Labute approximate surface area is 208 Å². The Bertz CT molecular complexity index is 1200. The molecule has 0 bridgehead atoms. The largest absolute Gasteiger partial charge is 0.494 e. The van der Waals surface area contributed by atoms with Crippen molar-refractivity contribution >= 4 is 15.7 Å². The molecule has 35 heavy (non-hydrogen) atoms. The van der Waals surface area contributed by atoms with E-state index >= 15 is 0 Å². The number of hydrogen-bond donors (Lipinski definition) is 1. The average molecular weight is 499 g/mol. The Kier molecular flexibility index (Phi) is 9.12. The first-order chi connectivity index (χ1) is 16.8. The monoisotopic (exact) mass is 498 g/mol. The number of rotatable bonds is 12. The number of nitrogens with zero attached hydrogens (tertiary/aromatic N) is 1. The van der Waals surface area contributed by atoms with Gasteiger partial charge in [-0.3, -0.25) is 9.69 Å². The zero-order valence-electron chi connectivity index (χ0n) is 20.8. The van der Waals surface area contributed by atoms with Crippen molar-refractivity contribution in [2.45, 2.75) is 50.1 Å². The fourth-order valence-corrected chi connectivity index (χ4v) is 5.00. The van der Waals surface area contributed by atoms with Crippen LogP contribution in [0.15, 0.2) is 75.1 Å². The second-order valence-electron chi connectivity index (χ2n) is 8.30. The van der Waals surface area contributed by atoms with E-state index in [1.165, 1.54) is 24.3 Å². The lowest BCUT2D eigenvalue weighted by atomic mass is 10.0. The van der Waals surface area contributed by atoms with Crippen LogP contribution in [0.5, 0.6) is 5.75 Å². The van der Waals surface area contributed by atoms with Gasteiger partial charge in [0.05, 0.1) is 17.5 Å². The molecule has 0 aliphatic rings. The molecule has 0 saturated carbocycles. The fraction of sp³-hybridized carbons (Fsp3) is 0.370. The molecule has 1 unspecified atom stereocenters. The van der Waals surface area contributed by atoms with Crippen LogP contribution in [0.1, 0.15) is 54.9 Å². The van der Waals surface area contributed by atoms with Crippen LogP contribution in [-0.2, 0) is 9.84 Å². The maximum atomic E-state index is 12.9. The molecule has 3 aromatic rings. The summed E-state index contributed by atoms with van der Waals surface area (Å²) in [6, 6.07) is 17.1. The maximum Gasteiger partial charge on any atom is 0.287 e. The highest BCUT2D eigenvalue weighted by Gasteiger charge is 2.25. The second-order valence-corrected chi connectivity index (χ2v) is 10.2. The summed E-state index contributed by atoms with van der Waals surface area (Å²) in [7, 11) is -3.84. The molecule has 3 rings (SSSR count). The Balaban J connectivity index is 1.73. The predicted octanol–water partition coefficient (Wildman–Crippen LogP) is 5.02. The molecule has 1 heterocycles. The summed E-state index contributed by atoms with van der Waals surface area (Å²) < 4.78 is 36.9. The van der Waals surface area contributed by atoms with Crippen LogP contribution in [0.25, 0.3) is 0 Å². The predicted molar refractivity (Wildman–Crippen MR) is 136 cm³/mol. The Morgan fingerprint density at radius 2 is 1.63 bits per heavy atom. The summed E-state index contributed by atoms with van der Waals surface area (Å²) >= 11 is 0. The van der Waals surface area contributed by atoms with Crippen LogP contribution in [0.4, 0.5) is 0 Å². The van der Waals surface area contributed by atoms with E-state index in [-0.39, 0.29) is 21.8 Å². The zero-order valence-corrected chi connectivity index (χ0v) is 21.6. The van der Waals surface area contributed by atoms with Crippen LogP contribution in [0.2, 0.25) is 0 Å². The van der Waals surface area contributed by atoms with Crippen LogP contribution < -0.4 is 10.1 Å². The first kappa shape index (κ1) is 26.5. The van der Waals surface area contributed by atoms with Gasteiger partial charge >= 0.3 is 0 Å². The molecule has 0 aliphatic carbocycles. The first-order valence-corrected chi connectivity index (χ1v) is 13.4. The number of furan rings is 1. The van der Waals surface area contributed by atoms with Crippen LogP contribution >= 0.6 is 0 Å². The van der Waals surface area contributed by atoms with Crippen molar-refractivity contribution in [3.05, 3.63) is 77.6 Å². The normalized spacial score (nSPS) is 12.5. The molecule has 1 amide bonds. The number of nitrogens with one attached hydrogen (secondary N) is 1. The van der Waals surface area contributed by atoms with Gasteiger partial charge < -0.3 is 14.5 Å². The molecule has 0 aliphatic heterocycles. The van der Waals surface area contributed by atoms with Crippen molar-refractivity contribution in [2.75, 3.05) is 26.2 Å². The van der Waals surface area contributed by atoms with Crippen molar-refractivity contribution < 1.29 is 22.4 Å². The molecule has 1 atom stereocenters. The molecule has 188 valence electrons. The minimum Gasteiger partial charge on any atom is -0.494 e. The zero-order chi connectivity index (χ0) is 25.4. The van der Waals surface area contributed by atoms with Crippen molar-refractivity contribution in [3.8, 4) is 5.75 Å². The van der Waals surface area contributed by atoms with Gasteiger partial charge in [-0.1, -0.05) is 50.6 Å². The van der Waals surface area contributed by atoms with E-state index in [1.807, 2.05) is 31.2 Å². The molecule has 0 fully saturated rings. The molecule has 1 aromatic heterocycles. The number of aryl methyl sites for hydroxylation is 1.